The van der Waals surface area contributed by atoms with Crippen molar-refractivity contribution in [2.24, 2.45) is 5.92 Å². The van der Waals surface area contributed by atoms with Crippen molar-refractivity contribution in [1.82, 2.24) is 0 Å². The number of carbonyl (C=O) groups is 1. The fourth-order valence-corrected chi connectivity index (χ4v) is 4.58. The van der Waals surface area contributed by atoms with Gasteiger partial charge in [-0.25, -0.2) is 4.79 Å². The Morgan fingerprint density at radius 1 is 1.20 bits per heavy atom. The summed E-state index contributed by atoms with van der Waals surface area (Å²) in [6, 6.07) is 7.65. The monoisotopic (exact) mass is 360 g/mol. The van der Waals surface area contributed by atoms with E-state index in [4.69, 9.17) is 9.78 Å². The maximum absolute atomic E-state index is 12.2. The number of rotatable bonds is 8. The molecule has 0 atom stereocenters. The summed E-state index contributed by atoms with van der Waals surface area (Å²) in [5.41, 5.74) is 2.58. The molecule has 0 radical (unpaired) electrons. The summed E-state index contributed by atoms with van der Waals surface area (Å²) in [4.78, 5) is 22.7. The van der Waals surface area contributed by atoms with Crippen LogP contribution in [0.5, 0.6) is 0 Å². The molecule has 0 heterocycles. The van der Waals surface area contributed by atoms with Gasteiger partial charge in [0.1, 0.15) is 14.2 Å². The highest BCUT2D eigenvalue weighted by Gasteiger charge is 2.24. The van der Waals surface area contributed by atoms with E-state index in [0.717, 1.165) is 18.8 Å². The molecule has 4 heteroatoms. The predicted molar refractivity (Wildman–Crippen MR) is 106 cm³/mol. The van der Waals surface area contributed by atoms with Crippen molar-refractivity contribution in [3.63, 3.8) is 0 Å². The van der Waals surface area contributed by atoms with Crippen LogP contribution in [0.4, 0.5) is 0 Å². The van der Waals surface area contributed by atoms with Crippen molar-refractivity contribution in [1.29, 1.82) is 0 Å². The molecule has 0 unspecified atom stereocenters. The van der Waals surface area contributed by atoms with Crippen molar-refractivity contribution >= 4 is 19.2 Å². The second kappa shape index (κ2) is 9.34. The highest BCUT2D eigenvalue weighted by molar-refractivity contribution is 6.93. The van der Waals surface area contributed by atoms with Gasteiger partial charge < -0.3 is 0 Å². The Balaban J connectivity index is 1.78. The molecule has 0 N–H and O–H groups in total. The summed E-state index contributed by atoms with van der Waals surface area (Å²) < 4.78 is 0. The van der Waals surface area contributed by atoms with E-state index in [0.29, 0.717) is 5.56 Å². The molecule has 1 aliphatic rings. The summed E-state index contributed by atoms with van der Waals surface area (Å²) in [6.45, 7) is 10.6. The SMILES string of the molecule is C=C[Si](C)(C)c1ccc(C(=O)OOC2CCC(CCCC)CC2)cc1. The molecule has 0 aromatic heterocycles. The van der Waals surface area contributed by atoms with Crippen LogP contribution in [0, 0.1) is 5.92 Å². The zero-order valence-electron chi connectivity index (χ0n) is 15.9. The quantitative estimate of drug-likeness (QED) is 0.365. The van der Waals surface area contributed by atoms with E-state index in [1.165, 1.54) is 37.3 Å². The molecule has 25 heavy (non-hydrogen) atoms. The van der Waals surface area contributed by atoms with Gasteiger partial charge in [0.25, 0.3) is 0 Å². The second-order valence-corrected chi connectivity index (χ2v) is 12.2. The first-order chi connectivity index (χ1) is 12.0. The summed E-state index contributed by atoms with van der Waals surface area (Å²) in [7, 11) is -1.59. The van der Waals surface area contributed by atoms with E-state index < -0.39 is 14.0 Å². The van der Waals surface area contributed by atoms with Gasteiger partial charge in [-0.05, 0) is 43.7 Å². The Morgan fingerprint density at radius 2 is 1.84 bits per heavy atom. The summed E-state index contributed by atoms with van der Waals surface area (Å²) in [5.74, 6) is 0.415. The maximum Gasteiger partial charge on any atom is 0.373 e. The standard InChI is InChI=1S/C21H32O3Si/c1-5-7-8-17-9-13-19(14-10-17)23-24-21(22)18-11-15-20(16-12-18)25(3,4)6-2/h6,11-12,15-17,19H,2,5,7-10,13-14H2,1,3-4H3. The van der Waals surface area contributed by atoms with Gasteiger partial charge in [0.15, 0.2) is 0 Å². The molecule has 0 spiro atoms. The Kier molecular flexibility index (Phi) is 7.45. The number of hydrogen-bond acceptors (Lipinski definition) is 3. The average molecular weight is 361 g/mol. The van der Waals surface area contributed by atoms with Crippen LogP contribution >= 0.6 is 0 Å². The molecule has 1 saturated carbocycles. The molecule has 2 rings (SSSR count). The van der Waals surface area contributed by atoms with Crippen LogP contribution in [-0.4, -0.2) is 20.1 Å². The van der Waals surface area contributed by atoms with Crippen LogP contribution in [0.2, 0.25) is 13.1 Å². The van der Waals surface area contributed by atoms with E-state index >= 15 is 0 Å². The first kappa shape index (κ1) is 19.9. The Hall–Kier alpha value is -1.39. The predicted octanol–water partition coefficient (Wildman–Crippen LogP) is 5.16. The molecule has 3 nitrogen and oxygen atoms in total. The van der Waals surface area contributed by atoms with Gasteiger partial charge >= 0.3 is 5.97 Å². The fraction of sp³-hybridized carbons (Fsp3) is 0.571. The zero-order chi connectivity index (χ0) is 18.3. The van der Waals surface area contributed by atoms with Gasteiger partial charge in [0.05, 0.1) is 5.56 Å². The smallest absolute Gasteiger partial charge is 0.293 e. The van der Waals surface area contributed by atoms with Crippen molar-refractivity contribution in [3.05, 3.63) is 42.1 Å². The Morgan fingerprint density at radius 3 is 2.40 bits per heavy atom. The molecule has 1 aromatic carbocycles. The van der Waals surface area contributed by atoms with Crippen LogP contribution in [-0.2, 0) is 9.78 Å². The minimum atomic E-state index is -1.59. The fourth-order valence-electron chi connectivity index (χ4n) is 3.32. The van der Waals surface area contributed by atoms with Crippen LogP contribution < -0.4 is 5.19 Å². The van der Waals surface area contributed by atoms with Gasteiger partial charge in [0.2, 0.25) is 0 Å². The molecule has 0 saturated heterocycles. The van der Waals surface area contributed by atoms with Crippen LogP contribution in [0.15, 0.2) is 36.5 Å². The lowest BCUT2D eigenvalue weighted by molar-refractivity contribution is -0.280. The summed E-state index contributed by atoms with van der Waals surface area (Å²) in [5, 5.41) is 1.25. The molecule has 0 amide bonds. The third-order valence-electron chi connectivity index (χ3n) is 5.39. The van der Waals surface area contributed by atoms with Crippen molar-refractivity contribution in [3.8, 4) is 0 Å². The highest BCUT2D eigenvalue weighted by Crippen LogP contribution is 2.29. The van der Waals surface area contributed by atoms with Crippen molar-refractivity contribution in [2.75, 3.05) is 0 Å². The summed E-state index contributed by atoms with van der Waals surface area (Å²) >= 11 is 0. The largest absolute Gasteiger partial charge is 0.373 e. The Labute approximate surface area is 153 Å². The van der Waals surface area contributed by atoms with Gasteiger partial charge in [-0.15, -0.1) is 6.58 Å². The second-order valence-electron chi connectivity index (χ2n) is 7.76. The number of hydrogen-bond donors (Lipinski definition) is 0. The van der Waals surface area contributed by atoms with Crippen LogP contribution in [0.1, 0.15) is 62.2 Å². The van der Waals surface area contributed by atoms with E-state index in [9.17, 15) is 4.79 Å². The van der Waals surface area contributed by atoms with Crippen molar-refractivity contribution in [2.45, 2.75) is 71.1 Å². The minimum Gasteiger partial charge on any atom is -0.293 e. The number of carbonyl (C=O) groups excluding carboxylic acids is 1. The molecule has 0 bridgehead atoms. The average Bonchev–Trinajstić information content (AvgIpc) is 2.65. The lowest BCUT2D eigenvalue weighted by Gasteiger charge is -2.27. The lowest BCUT2D eigenvalue weighted by Crippen LogP contribution is -2.39. The van der Waals surface area contributed by atoms with Gasteiger partial charge in [-0.2, -0.15) is 4.89 Å². The molecule has 0 aliphatic heterocycles. The van der Waals surface area contributed by atoms with E-state index in [2.05, 4.69) is 26.6 Å². The van der Waals surface area contributed by atoms with Gasteiger partial charge in [-0.1, -0.05) is 62.3 Å². The number of benzene rings is 1. The van der Waals surface area contributed by atoms with E-state index in [-0.39, 0.29) is 6.10 Å². The molecule has 1 aliphatic carbocycles. The lowest BCUT2D eigenvalue weighted by atomic mass is 9.84. The van der Waals surface area contributed by atoms with Crippen molar-refractivity contribution < 1.29 is 14.6 Å². The molecule has 138 valence electrons. The van der Waals surface area contributed by atoms with Crippen LogP contribution in [0.3, 0.4) is 0 Å². The minimum absolute atomic E-state index is 0.0493. The first-order valence-electron chi connectivity index (χ1n) is 9.58. The normalized spacial score (nSPS) is 20.9. The third kappa shape index (κ3) is 5.82. The highest BCUT2D eigenvalue weighted by atomic mass is 28.3. The maximum atomic E-state index is 12.2. The third-order valence-corrected chi connectivity index (χ3v) is 8.24. The first-order valence-corrected chi connectivity index (χ1v) is 12.7. The topological polar surface area (TPSA) is 35.5 Å². The van der Waals surface area contributed by atoms with E-state index in [1.807, 2.05) is 30.0 Å². The van der Waals surface area contributed by atoms with Gasteiger partial charge in [0, 0.05) is 0 Å². The van der Waals surface area contributed by atoms with E-state index in [1.54, 1.807) is 0 Å². The number of unbranched alkanes of at least 4 members (excludes halogenated alkanes) is 1. The summed E-state index contributed by atoms with van der Waals surface area (Å²) in [6.07, 6.45) is 8.27. The van der Waals surface area contributed by atoms with Crippen LogP contribution in [0.25, 0.3) is 0 Å². The Bertz CT molecular complexity index is 557. The molecule has 1 fully saturated rings. The molecular weight excluding hydrogens is 328 g/mol. The molecular formula is C21H32O3Si. The molecule has 1 aromatic rings. The zero-order valence-corrected chi connectivity index (χ0v) is 16.9. The van der Waals surface area contributed by atoms with Gasteiger partial charge in [-0.3, -0.25) is 4.89 Å².